The van der Waals surface area contributed by atoms with Crippen molar-refractivity contribution >= 4 is 21.7 Å². The average molecular weight is 279 g/mol. The van der Waals surface area contributed by atoms with Crippen molar-refractivity contribution in [3.63, 3.8) is 0 Å². The van der Waals surface area contributed by atoms with E-state index in [0.717, 1.165) is 10.2 Å². The molecule has 2 N–H and O–H groups in total. The summed E-state index contributed by atoms with van der Waals surface area (Å²) in [6.45, 7) is 2.02. The van der Waals surface area contributed by atoms with Gasteiger partial charge in [0.25, 0.3) is 0 Å². The lowest BCUT2D eigenvalue weighted by molar-refractivity contribution is 0.461. The second-order valence-corrected chi connectivity index (χ2v) is 4.29. The summed E-state index contributed by atoms with van der Waals surface area (Å²) in [7, 11) is 0. The molecule has 0 saturated heterocycles. The van der Waals surface area contributed by atoms with Crippen LogP contribution in [0.3, 0.4) is 0 Å². The van der Waals surface area contributed by atoms with E-state index in [1.54, 1.807) is 18.2 Å². The SMILES string of the molecule is Cc1ccc(Oc2cccc(N)n2)c(Br)c1. The Hall–Kier alpha value is -1.55. The lowest BCUT2D eigenvalue weighted by Crippen LogP contribution is -1.93. The van der Waals surface area contributed by atoms with Crippen LogP contribution in [0.4, 0.5) is 5.82 Å². The van der Waals surface area contributed by atoms with Crippen molar-refractivity contribution in [3.8, 4) is 11.6 Å². The van der Waals surface area contributed by atoms with E-state index >= 15 is 0 Å². The third-order valence-electron chi connectivity index (χ3n) is 2.05. The summed E-state index contributed by atoms with van der Waals surface area (Å²) in [5.41, 5.74) is 6.74. The van der Waals surface area contributed by atoms with Crippen LogP contribution in [0.1, 0.15) is 5.56 Å². The number of pyridine rings is 1. The number of ether oxygens (including phenoxy) is 1. The lowest BCUT2D eigenvalue weighted by atomic mass is 10.2. The number of anilines is 1. The zero-order valence-corrected chi connectivity index (χ0v) is 10.4. The molecule has 0 aliphatic carbocycles. The van der Waals surface area contributed by atoms with E-state index in [1.165, 1.54) is 5.56 Å². The summed E-state index contributed by atoms with van der Waals surface area (Å²) in [5, 5.41) is 0. The Morgan fingerprint density at radius 1 is 1.25 bits per heavy atom. The van der Waals surface area contributed by atoms with Gasteiger partial charge in [0.1, 0.15) is 11.6 Å². The number of hydrogen-bond acceptors (Lipinski definition) is 3. The summed E-state index contributed by atoms with van der Waals surface area (Å²) < 4.78 is 6.51. The van der Waals surface area contributed by atoms with Crippen LogP contribution in [0.15, 0.2) is 40.9 Å². The average Bonchev–Trinajstić information content (AvgIpc) is 2.22. The standard InChI is InChI=1S/C12H11BrN2O/c1-8-5-6-10(9(13)7-8)16-12-4-2-3-11(14)15-12/h2-7H,1H3,(H2,14,15). The molecule has 0 bridgehead atoms. The monoisotopic (exact) mass is 278 g/mol. The largest absolute Gasteiger partial charge is 0.438 e. The van der Waals surface area contributed by atoms with Crippen molar-refractivity contribution in [2.24, 2.45) is 0 Å². The number of aryl methyl sites for hydroxylation is 1. The van der Waals surface area contributed by atoms with E-state index in [-0.39, 0.29) is 0 Å². The Balaban J connectivity index is 2.27. The molecule has 16 heavy (non-hydrogen) atoms. The minimum Gasteiger partial charge on any atom is -0.438 e. The molecule has 2 aromatic rings. The van der Waals surface area contributed by atoms with Crippen molar-refractivity contribution < 1.29 is 4.74 Å². The van der Waals surface area contributed by atoms with Gasteiger partial charge in [0, 0.05) is 6.07 Å². The first-order chi connectivity index (χ1) is 7.65. The smallest absolute Gasteiger partial charge is 0.221 e. The minimum absolute atomic E-state index is 0.445. The third-order valence-corrected chi connectivity index (χ3v) is 2.67. The van der Waals surface area contributed by atoms with E-state index in [0.29, 0.717) is 11.7 Å². The topological polar surface area (TPSA) is 48.1 Å². The number of rotatable bonds is 2. The Morgan fingerprint density at radius 3 is 2.75 bits per heavy atom. The normalized spacial score (nSPS) is 10.1. The molecular weight excluding hydrogens is 268 g/mol. The maximum absolute atomic E-state index is 5.61. The van der Waals surface area contributed by atoms with Gasteiger partial charge in [0.2, 0.25) is 5.88 Å². The van der Waals surface area contributed by atoms with Gasteiger partial charge >= 0.3 is 0 Å². The first kappa shape index (κ1) is 11.0. The first-order valence-electron chi connectivity index (χ1n) is 4.82. The quantitative estimate of drug-likeness (QED) is 0.914. The van der Waals surface area contributed by atoms with Crippen LogP contribution in [0.2, 0.25) is 0 Å². The van der Waals surface area contributed by atoms with Gasteiger partial charge in [0.05, 0.1) is 4.47 Å². The van der Waals surface area contributed by atoms with Crippen LogP contribution in [-0.4, -0.2) is 4.98 Å². The van der Waals surface area contributed by atoms with E-state index in [1.807, 2.05) is 25.1 Å². The van der Waals surface area contributed by atoms with Crippen molar-refractivity contribution in [2.45, 2.75) is 6.92 Å². The van der Waals surface area contributed by atoms with E-state index in [2.05, 4.69) is 20.9 Å². The summed E-state index contributed by atoms with van der Waals surface area (Å²) in [5.74, 6) is 1.66. The molecule has 0 atom stereocenters. The van der Waals surface area contributed by atoms with Gasteiger partial charge in [-0.2, -0.15) is 4.98 Å². The fourth-order valence-corrected chi connectivity index (χ4v) is 1.86. The van der Waals surface area contributed by atoms with Crippen LogP contribution in [0.25, 0.3) is 0 Å². The zero-order chi connectivity index (χ0) is 11.5. The summed E-state index contributed by atoms with van der Waals surface area (Å²) in [6.07, 6.45) is 0. The molecule has 4 heteroatoms. The minimum atomic E-state index is 0.445. The fourth-order valence-electron chi connectivity index (χ4n) is 1.29. The highest BCUT2D eigenvalue weighted by atomic mass is 79.9. The van der Waals surface area contributed by atoms with Gasteiger partial charge in [-0.05, 0) is 46.6 Å². The molecule has 1 heterocycles. The number of halogens is 1. The predicted molar refractivity (Wildman–Crippen MR) is 67.6 cm³/mol. The van der Waals surface area contributed by atoms with Crippen molar-refractivity contribution in [1.29, 1.82) is 0 Å². The van der Waals surface area contributed by atoms with Gasteiger partial charge in [-0.1, -0.05) is 12.1 Å². The van der Waals surface area contributed by atoms with Crippen molar-refractivity contribution in [2.75, 3.05) is 5.73 Å². The molecule has 0 saturated carbocycles. The Morgan fingerprint density at radius 2 is 2.06 bits per heavy atom. The van der Waals surface area contributed by atoms with Crippen LogP contribution in [-0.2, 0) is 0 Å². The Kier molecular flexibility index (Phi) is 3.10. The van der Waals surface area contributed by atoms with Crippen LogP contribution in [0, 0.1) is 6.92 Å². The number of nitrogens with two attached hydrogens (primary N) is 1. The fraction of sp³-hybridized carbons (Fsp3) is 0.0833. The van der Waals surface area contributed by atoms with Crippen molar-refractivity contribution in [3.05, 3.63) is 46.4 Å². The molecule has 0 aliphatic heterocycles. The molecule has 0 aliphatic rings. The number of benzene rings is 1. The Bertz CT molecular complexity index is 514. The molecule has 1 aromatic carbocycles. The van der Waals surface area contributed by atoms with E-state index < -0.39 is 0 Å². The molecule has 0 fully saturated rings. The highest BCUT2D eigenvalue weighted by molar-refractivity contribution is 9.10. The first-order valence-corrected chi connectivity index (χ1v) is 5.61. The molecule has 82 valence electrons. The third kappa shape index (κ3) is 2.52. The van der Waals surface area contributed by atoms with Crippen LogP contribution < -0.4 is 10.5 Å². The van der Waals surface area contributed by atoms with Crippen molar-refractivity contribution in [1.82, 2.24) is 4.98 Å². The van der Waals surface area contributed by atoms with Gasteiger partial charge in [-0.15, -0.1) is 0 Å². The maximum atomic E-state index is 5.61. The lowest BCUT2D eigenvalue weighted by Gasteiger charge is -2.07. The van der Waals surface area contributed by atoms with E-state index in [4.69, 9.17) is 10.5 Å². The molecule has 0 spiro atoms. The van der Waals surface area contributed by atoms with Gasteiger partial charge in [-0.25, -0.2) is 0 Å². The molecule has 0 amide bonds. The second kappa shape index (κ2) is 4.53. The molecule has 0 unspecified atom stereocenters. The summed E-state index contributed by atoms with van der Waals surface area (Å²) >= 11 is 3.44. The maximum Gasteiger partial charge on any atom is 0.221 e. The summed E-state index contributed by atoms with van der Waals surface area (Å²) in [4.78, 5) is 4.07. The van der Waals surface area contributed by atoms with Gasteiger partial charge < -0.3 is 10.5 Å². The predicted octanol–water partition coefficient (Wildman–Crippen LogP) is 3.53. The summed E-state index contributed by atoms with van der Waals surface area (Å²) in [6, 6.07) is 11.2. The van der Waals surface area contributed by atoms with E-state index in [9.17, 15) is 0 Å². The van der Waals surface area contributed by atoms with Gasteiger partial charge in [0.15, 0.2) is 0 Å². The highest BCUT2D eigenvalue weighted by Gasteiger charge is 2.03. The molecule has 2 rings (SSSR count). The number of aromatic nitrogens is 1. The molecule has 1 aromatic heterocycles. The number of hydrogen-bond donors (Lipinski definition) is 1. The van der Waals surface area contributed by atoms with Crippen LogP contribution in [0.5, 0.6) is 11.6 Å². The zero-order valence-electron chi connectivity index (χ0n) is 8.77. The Labute approximate surface area is 102 Å². The molecule has 3 nitrogen and oxygen atoms in total. The second-order valence-electron chi connectivity index (χ2n) is 3.44. The molecule has 0 radical (unpaired) electrons. The van der Waals surface area contributed by atoms with Gasteiger partial charge in [-0.3, -0.25) is 0 Å². The number of nitrogen functional groups attached to an aromatic ring is 1. The van der Waals surface area contributed by atoms with Crippen LogP contribution >= 0.6 is 15.9 Å². The number of nitrogens with zero attached hydrogens (tertiary/aromatic N) is 1. The highest BCUT2D eigenvalue weighted by Crippen LogP contribution is 2.29. The molecular formula is C12H11BrN2O.